The largest absolute Gasteiger partial charge is 0.382 e. The number of unbranched alkanes of at least 4 members (excludes halogenated alkanes) is 2. The number of nitrogen functional groups attached to an aromatic ring is 2. The third-order valence-electron chi connectivity index (χ3n) is 3.52. The predicted octanol–water partition coefficient (Wildman–Crippen LogP) is 1.71. The summed E-state index contributed by atoms with van der Waals surface area (Å²) in [6, 6.07) is 0. The van der Waals surface area contributed by atoms with Crippen LogP contribution in [0.3, 0.4) is 0 Å². The number of halogens is 1. The van der Waals surface area contributed by atoms with Crippen molar-refractivity contribution in [2.45, 2.75) is 52.1 Å². The highest BCUT2D eigenvalue weighted by Crippen LogP contribution is 2.17. The lowest BCUT2D eigenvalue weighted by molar-refractivity contribution is 0.0590. The van der Waals surface area contributed by atoms with Crippen molar-refractivity contribution < 1.29 is 9.53 Å². The number of nitrogens with zero attached hydrogens (tertiary/aromatic N) is 3. The van der Waals surface area contributed by atoms with E-state index in [9.17, 15) is 4.79 Å². The molecule has 1 rings (SSSR count). The first-order valence-corrected chi connectivity index (χ1v) is 9.04. The van der Waals surface area contributed by atoms with Gasteiger partial charge in [0.1, 0.15) is 0 Å². The van der Waals surface area contributed by atoms with Crippen molar-refractivity contribution >= 4 is 35.1 Å². The Hall–Kier alpha value is -2.13. The Morgan fingerprint density at radius 1 is 1.27 bits per heavy atom. The van der Waals surface area contributed by atoms with E-state index < -0.39 is 5.91 Å². The molecule has 0 fully saturated rings. The normalized spacial score (nSPS) is 12.8. The Bertz CT molecular complexity index is 625. The van der Waals surface area contributed by atoms with E-state index in [1.165, 1.54) is 0 Å². The van der Waals surface area contributed by atoms with Gasteiger partial charge in [-0.15, -0.1) is 0 Å². The van der Waals surface area contributed by atoms with E-state index in [-0.39, 0.29) is 34.5 Å². The third kappa shape index (κ3) is 7.83. The number of aliphatic imine (C=N–C) groups is 1. The average Bonchev–Trinajstić information content (AvgIpc) is 2.59. The molecule has 26 heavy (non-hydrogen) atoms. The summed E-state index contributed by atoms with van der Waals surface area (Å²) in [5.41, 5.74) is 16.6. The number of nitrogens with one attached hydrogen (secondary N) is 1. The minimum atomic E-state index is -0.639. The zero-order chi connectivity index (χ0) is 19.5. The second-order valence-electron chi connectivity index (χ2n) is 5.89. The molecule has 0 saturated heterocycles. The molecule has 1 atom stereocenters. The zero-order valence-electron chi connectivity index (χ0n) is 15.3. The molecule has 1 aromatic rings. The number of ether oxygens (including phenoxy) is 1. The fourth-order valence-electron chi connectivity index (χ4n) is 2.15. The molecule has 0 spiro atoms. The second-order valence-corrected chi connectivity index (χ2v) is 6.24. The number of carbonyl (C=O) groups excluding carboxylic acids is 1. The Morgan fingerprint density at radius 3 is 2.69 bits per heavy atom. The van der Waals surface area contributed by atoms with Crippen LogP contribution in [0.5, 0.6) is 0 Å². The van der Waals surface area contributed by atoms with E-state index in [1.54, 1.807) is 0 Å². The highest BCUT2D eigenvalue weighted by atomic mass is 35.5. The topological polar surface area (TPSA) is 155 Å². The number of nitrogens with two attached hydrogens (primary N) is 3. The predicted molar refractivity (Wildman–Crippen MR) is 104 cm³/mol. The molecule has 1 unspecified atom stereocenters. The first-order chi connectivity index (χ1) is 12.3. The molecule has 7 N–H and O–H groups in total. The molecular weight excluding hydrogens is 358 g/mol. The number of hydrogen-bond acceptors (Lipinski definition) is 7. The van der Waals surface area contributed by atoms with Gasteiger partial charge in [0.15, 0.2) is 28.4 Å². The van der Waals surface area contributed by atoms with Gasteiger partial charge in [-0.3, -0.25) is 15.1 Å². The van der Waals surface area contributed by atoms with Gasteiger partial charge in [0, 0.05) is 13.2 Å². The molecule has 9 nitrogen and oxygen atoms in total. The van der Waals surface area contributed by atoms with Crippen molar-refractivity contribution in [3.8, 4) is 0 Å². The number of aromatic nitrogens is 2. The summed E-state index contributed by atoms with van der Waals surface area (Å²) in [5, 5.41) is 2.30. The minimum Gasteiger partial charge on any atom is -0.382 e. The average molecular weight is 386 g/mol. The maximum absolute atomic E-state index is 12.1. The second kappa shape index (κ2) is 11.5. The van der Waals surface area contributed by atoms with Crippen LogP contribution in [0.4, 0.5) is 11.6 Å². The fraction of sp³-hybridized carbons (Fsp3) is 0.625. The van der Waals surface area contributed by atoms with Gasteiger partial charge in [0.25, 0.3) is 5.91 Å². The van der Waals surface area contributed by atoms with Crippen LogP contribution in [0.2, 0.25) is 5.15 Å². The van der Waals surface area contributed by atoms with Crippen LogP contribution in [0.15, 0.2) is 4.99 Å². The Morgan fingerprint density at radius 2 is 2.00 bits per heavy atom. The maximum atomic E-state index is 12.1. The molecule has 0 bridgehead atoms. The van der Waals surface area contributed by atoms with E-state index in [4.69, 9.17) is 33.5 Å². The number of guanidine groups is 1. The molecule has 0 aliphatic rings. The fourth-order valence-corrected chi connectivity index (χ4v) is 2.27. The monoisotopic (exact) mass is 385 g/mol. The molecule has 0 aromatic carbocycles. The number of anilines is 2. The van der Waals surface area contributed by atoms with E-state index >= 15 is 0 Å². The van der Waals surface area contributed by atoms with Gasteiger partial charge in [-0.25, -0.2) is 9.97 Å². The molecule has 0 radical (unpaired) electrons. The first kappa shape index (κ1) is 21.9. The van der Waals surface area contributed by atoms with E-state index in [1.807, 2.05) is 0 Å². The van der Waals surface area contributed by atoms with Crippen LogP contribution >= 0.6 is 11.6 Å². The van der Waals surface area contributed by atoms with Crippen LogP contribution in [0.1, 0.15) is 56.4 Å². The van der Waals surface area contributed by atoms with Crippen molar-refractivity contribution in [3.63, 3.8) is 0 Å². The van der Waals surface area contributed by atoms with Gasteiger partial charge in [-0.1, -0.05) is 31.4 Å². The van der Waals surface area contributed by atoms with Gasteiger partial charge >= 0.3 is 0 Å². The molecular formula is C16H28ClN7O2. The molecule has 0 aliphatic heterocycles. The van der Waals surface area contributed by atoms with Gasteiger partial charge in [0.2, 0.25) is 0 Å². The lowest BCUT2D eigenvalue weighted by Gasteiger charge is -2.11. The summed E-state index contributed by atoms with van der Waals surface area (Å²) in [5.74, 6) is -0.822. The smallest absolute Gasteiger partial charge is 0.280 e. The molecule has 1 amide bonds. The van der Waals surface area contributed by atoms with Crippen molar-refractivity contribution in [1.82, 2.24) is 15.3 Å². The first-order valence-electron chi connectivity index (χ1n) is 8.66. The third-order valence-corrected chi connectivity index (χ3v) is 3.80. The number of carbonyl (C=O) groups is 1. The van der Waals surface area contributed by atoms with Gasteiger partial charge in [-0.05, 0) is 26.2 Å². The number of amides is 1. The SMILES string of the molecule is CCCOC(C)CCCCCN=C(N)NC(=O)c1nc(Cl)c(N)nc1N. The van der Waals surface area contributed by atoms with E-state index in [0.717, 1.165) is 38.7 Å². The van der Waals surface area contributed by atoms with Crippen LogP contribution < -0.4 is 22.5 Å². The van der Waals surface area contributed by atoms with Crippen LogP contribution in [0.25, 0.3) is 0 Å². The minimum absolute atomic E-state index is 0.0104. The summed E-state index contributed by atoms with van der Waals surface area (Å²) in [6.07, 6.45) is 5.27. The summed E-state index contributed by atoms with van der Waals surface area (Å²) >= 11 is 5.74. The molecule has 0 saturated carbocycles. The van der Waals surface area contributed by atoms with Crippen molar-refractivity contribution in [2.24, 2.45) is 10.7 Å². The molecule has 1 heterocycles. The Kier molecular flexibility index (Phi) is 9.67. The summed E-state index contributed by atoms with van der Waals surface area (Å²) in [4.78, 5) is 23.7. The molecule has 1 aromatic heterocycles. The van der Waals surface area contributed by atoms with Crippen molar-refractivity contribution in [1.29, 1.82) is 0 Å². The number of rotatable bonds is 10. The number of hydrogen-bond donors (Lipinski definition) is 4. The standard InChI is InChI=1S/C16H28ClN7O2/c1-3-9-26-10(2)7-5-4-6-8-21-16(20)24-15(25)11-13(18)23-14(19)12(17)22-11/h10H,3-9H2,1-2H3,(H4,18,19,23)(H3,20,21,24,25). The lowest BCUT2D eigenvalue weighted by atomic mass is 10.1. The zero-order valence-corrected chi connectivity index (χ0v) is 16.1. The van der Waals surface area contributed by atoms with Crippen LogP contribution in [-0.2, 0) is 4.74 Å². The van der Waals surface area contributed by atoms with E-state index in [0.29, 0.717) is 6.54 Å². The molecule has 146 valence electrons. The summed E-state index contributed by atoms with van der Waals surface area (Å²) in [7, 11) is 0. The van der Waals surface area contributed by atoms with Gasteiger partial charge in [-0.2, -0.15) is 0 Å². The summed E-state index contributed by atoms with van der Waals surface area (Å²) in [6.45, 7) is 5.49. The molecule has 10 heteroatoms. The Balaban J connectivity index is 2.33. The van der Waals surface area contributed by atoms with Gasteiger partial charge in [0.05, 0.1) is 6.10 Å². The van der Waals surface area contributed by atoms with Gasteiger partial charge < -0.3 is 21.9 Å². The molecule has 0 aliphatic carbocycles. The Labute approximate surface area is 158 Å². The van der Waals surface area contributed by atoms with Crippen molar-refractivity contribution in [2.75, 3.05) is 24.6 Å². The van der Waals surface area contributed by atoms with E-state index in [2.05, 4.69) is 34.1 Å². The van der Waals surface area contributed by atoms with Crippen LogP contribution in [0, 0.1) is 0 Å². The highest BCUT2D eigenvalue weighted by molar-refractivity contribution is 6.31. The summed E-state index contributed by atoms with van der Waals surface area (Å²) < 4.78 is 5.61. The van der Waals surface area contributed by atoms with Crippen molar-refractivity contribution in [3.05, 3.63) is 10.8 Å². The lowest BCUT2D eigenvalue weighted by Crippen LogP contribution is -2.38. The highest BCUT2D eigenvalue weighted by Gasteiger charge is 2.16. The maximum Gasteiger partial charge on any atom is 0.280 e. The van der Waals surface area contributed by atoms with Crippen LogP contribution in [-0.4, -0.2) is 41.1 Å². The quantitative estimate of drug-likeness (QED) is 0.271.